The first kappa shape index (κ1) is 19.1. The lowest BCUT2D eigenvalue weighted by atomic mass is 10.1. The van der Waals surface area contributed by atoms with Crippen molar-refractivity contribution in [1.82, 2.24) is 9.62 Å². The van der Waals surface area contributed by atoms with Crippen LogP contribution in [0.4, 0.5) is 5.69 Å². The molecule has 1 amide bonds. The third-order valence-electron chi connectivity index (χ3n) is 4.50. The molecule has 1 aliphatic rings. The number of piperazine rings is 1. The quantitative estimate of drug-likeness (QED) is 0.774. The van der Waals surface area contributed by atoms with Crippen molar-refractivity contribution in [1.29, 1.82) is 0 Å². The van der Waals surface area contributed by atoms with Crippen LogP contribution in [-0.2, 0) is 10.0 Å². The van der Waals surface area contributed by atoms with Crippen molar-refractivity contribution in [2.45, 2.75) is 4.90 Å². The summed E-state index contributed by atoms with van der Waals surface area (Å²) in [5.41, 5.74) is 1.52. The smallest absolute Gasteiger partial charge is 0.254 e. The van der Waals surface area contributed by atoms with Crippen LogP contribution < -0.4 is 9.62 Å². The van der Waals surface area contributed by atoms with Crippen LogP contribution in [0.5, 0.6) is 0 Å². The first-order chi connectivity index (χ1) is 13.0. The topological polar surface area (TPSA) is 69.7 Å². The molecule has 0 saturated carbocycles. The van der Waals surface area contributed by atoms with Gasteiger partial charge in [-0.2, -0.15) is 0 Å². The summed E-state index contributed by atoms with van der Waals surface area (Å²) in [6.07, 6.45) is 1.47. The van der Waals surface area contributed by atoms with E-state index in [9.17, 15) is 13.2 Å². The lowest BCUT2D eigenvalue weighted by molar-refractivity contribution is 0.0746. The van der Waals surface area contributed by atoms with Crippen molar-refractivity contribution in [2.75, 3.05) is 37.6 Å². The minimum absolute atomic E-state index is 0.0816. The monoisotopic (exact) mass is 385 g/mol. The van der Waals surface area contributed by atoms with E-state index in [4.69, 9.17) is 0 Å². The van der Waals surface area contributed by atoms with Crippen LogP contribution in [0.25, 0.3) is 0 Å². The predicted molar refractivity (Wildman–Crippen MR) is 106 cm³/mol. The van der Waals surface area contributed by atoms with Crippen LogP contribution in [0, 0.1) is 0 Å². The Morgan fingerprint density at radius 3 is 2.41 bits per heavy atom. The van der Waals surface area contributed by atoms with Gasteiger partial charge in [0.05, 0.1) is 4.90 Å². The van der Waals surface area contributed by atoms with Gasteiger partial charge in [-0.25, -0.2) is 13.1 Å². The highest BCUT2D eigenvalue weighted by molar-refractivity contribution is 7.89. The Bertz CT molecular complexity index is 905. The lowest BCUT2D eigenvalue weighted by Crippen LogP contribution is -2.48. The highest BCUT2D eigenvalue weighted by Gasteiger charge is 2.23. The molecule has 0 spiro atoms. The van der Waals surface area contributed by atoms with Gasteiger partial charge in [0.1, 0.15) is 0 Å². The Hall–Kier alpha value is -2.64. The van der Waals surface area contributed by atoms with Crippen molar-refractivity contribution in [3.63, 3.8) is 0 Å². The second kappa shape index (κ2) is 8.37. The molecule has 1 saturated heterocycles. The predicted octanol–water partition coefficient (Wildman–Crippen LogP) is 2.11. The number of carbonyl (C=O) groups excluding carboxylic acids is 1. The molecule has 0 radical (unpaired) electrons. The Labute approximate surface area is 160 Å². The second-order valence-electron chi connectivity index (χ2n) is 6.28. The summed E-state index contributed by atoms with van der Waals surface area (Å²) in [6, 6.07) is 16.2. The fourth-order valence-corrected chi connectivity index (χ4v) is 4.08. The molecule has 0 unspecified atom stereocenters. The number of rotatable bonds is 6. The molecular weight excluding hydrogens is 362 g/mol. The fraction of sp³-hybridized carbons (Fsp3) is 0.250. The van der Waals surface area contributed by atoms with E-state index in [1.165, 1.54) is 18.2 Å². The van der Waals surface area contributed by atoms with E-state index in [1.54, 1.807) is 17.0 Å². The number of nitrogens with zero attached hydrogens (tertiary/aromatic N) is 2. The molecule has 142 valence electrons. The number of sulfonamides is 1. The number of carbonyl (C=O) groups is 1. The molecule has 2 aromatic carbocycles. The van der Waals surface area contributed by atoms with Gasteiger partial charge in [0, 0.05) is 44.0 Å². The number of anilines is 1. The van der Waals surface area contributed by atoms with Gasteiger partial charge < -0.3 is 9.80 Å². The van der Waals surface area contributed by atoms with Gasteiger partial charge in [-0.1, -0.05) is 30.3 Å². The van der Waals surface area contributed by atoms with Gasteiger partial charge in [0.2, 0.25) is 10.0 Å². The molecule has 27 heavy (non-hydrogen) atoms. The number of amides is 1. The van der Waals surface area contributed by atoms with Gasteiger partial charge in [-0.05, 0) is 30.3 Å². The van der Waals surface area contributed by atoms with Crippen LogP contribution in [-0.4, -0.2) is 51.9 Å². The summed E-state index contributed by atoms with van der Waals surface area (Å²) in [5.74, 6) is -0.150. The van der Waals surface area contributed by atoms with E-state index in [0.29, 0.717) is 18.7 Å². The SMILES string of the molecule is C=CCNS(=O)(=O)c1cccc(C(=O)N2CCN(c3ccccc3)CC2)c1. The fourth-order valence-electron chi connectivity index (χ4n) is 3.04. The van der Waals surface area contributed by atoms with Gasteiger partial charge in [-0.3, -0.25) is 4.79 Å². The van der Waals surface area contributed by atoms with Crippen LogP contribution in [0.2, 0.25) is 0 Å². The van der Waals surface area contributed by atoms with Gasteiger partial charge in [0.15, 0.2) is 0 Å². The number of hydrogen-bond donors (Lipinski definition) is 1. The molecule has 1 N–H and O–H groups in total. The van der Waals surface area contributed by atoms with Crippen molar-refractivity contribution in [2.24, 2.45) is 0 Å². The maximum atomic E-state index is 12.8. The van der Waals surface area contributed by atoms with Crippen molar-refractivity contribution < 1.29 is 13.2 Å². The Morgan fingerprint density at radius 1 is 1.04 bits per heavy atom. The Balaban J connectivity index is 1.68. The van der Waals surface area contributed by atoms with Crippen molar-refractivity contribution in [3.05, 3.63) is 72.8 Å². The number of benzene rings is 2. The van der Waals surface area contributed by atoms with E-state index in [1.807, 2.05) is 18.2 Å². The van der Waals surface area contributed by atoms with E-state index < -0.39 is 10.0 Å². The summed E-state index contributed by atoms with van der Waals surface area (Å²) in [6.45, 7) is 6.32. The molecule has 0 aromatic heterocycles. The zero-order valence-electron chi connectivity index (χ0n) is 15.0. The van der Waals surface area contributed by atoms with E-state index in [0.717, 1.165) is 18.8 Å². The van der Waals surface area contributed by atoms with E-state index in [-0.39, 0.29) is 17.3 Å². The molecule has 0 bridgehead atoms. The first-order valence-electron chi connectivity index (χ1n) is 8.81. The average Bonchev–Trinajstić information content (AvgIpc) is 2.72. The minimum Gasteiger partial charge on any atom is -0.368 e. The highest BCUT2D eigenvalue weighted by Crippen LogP contribution is 2.18. The molecule has 1 aliphatic heterocycles. The molecule has 0 aliphatic carbocycles. The second-order valence-corrected chi connectivity index (χ2v) is 8.05. The average molecular weight is 385 g/mol. The standard InChI is InChI=1S/C20H23N3O3S/c1-2-11-21-27(25,26)19-10-6-7-17(16-19)20(24)23-14-12-22(13-15-23)18-8-4-3-5-9-18/h2-10,16,21H,1,11-15H2. The van der Waals surface area contributed by atoms with Crippen LogP contribution in [0.1, 0.15) is 10.4 Å². The van der Waals surface area contributed by atoms with Crippen molar-refractivity contribution >= 4 is 21.6 Å². The number of hydrogen-bond acceptors (Lipinski definition) is 4. The summed E-state index contributed by atoms with van der Waals surface area (Å²) in [4.78, 5) is 16.9. The molecule has 3 rings (SSSR count). The third kappa shape index (κ3) is 4.56. The summed E-state index contributed by atoms with van der Waals surface area (Å²) in [7, 11) is -3.65. The third-order valence-corrected chi connectivity index (χ3v) is 5.92. The van der Waals surface area contributed by atoms with Crippen molar-refractivity contribution in [3.8, 4) is 0 Å². The van der Waals surface area contributed by atoms with E-state index >= 15 is 0 Å². The maximum absolute atomic E-state index is 12.8. The molecule has 7 heteroatoms. The lowest BCUT2D eigenvalue weighted by Gasteiger charge is -2.36. The number of para-hydroxylation sites is 1. The molecular formula is C20H23N3O3S. The maximum Gasteiger partial charge on any atom is 0.254 e. The highest BCUT2D eigenvalue weighted by atomic mass is 32.2. The largest absolute Gasteiger partial charge is 0.368 e. The molecule has 2 aromatic rings. The van der Waals surface area contributed by atoms with Crippen LogP contribution in [0.3, 0.4) is 0 Å². The minimum atomic E-state index is -3.65. The molecule has 1 heterocycles. The molecule has 1 fully saturated rings. The molecule has 6 nitrogen and oxygen atoms in total. The van der Waals surface area contributed by atoms with Gasteiger partial charge in [0.25, 0.3) is 5.91 Å². The number of nitrogens with one attached hydrogen (secondary N) is 1. The summed E-state index contributed by atoms with van der Waals surface area (Å²) in [5, 5.41) is 0. The first-order valence-corrected chi connectivity index (χ1v) is 10.3. The Kier molecular flexibility index (Phi) is 5.93. The normalized spacial score (nSPS) is 14.8. The summed E-state index contributed by atoms with van der Waals surface area (Å²) < 4.78 is 26.9. The van der Waals surface area contributed by atoms with Gasteiger partial charge >= 0.3 is 0 Å². The summed E-state index contributed by atoms with van der Waals surface area (Å²) >= 11 is 0. The van der Waals surface area contributed by atoms with E-state index in [2.05, 4.69) is 28.3 Å². The van der Waals surface area contributed by atoms with Crippen LogP contribution >= 0.6 is 0 Å². The molecule has 0 atom stereocenters. The van der Waals surface area contributed by atoms with Gasteiger partial charge in [-0.15, -0.1) is 6.58 Å². The zero-order valence-corrected chi connectivity index (χ0v) is 15.9. The van der Waals surface area contributed by atoms with Crippen LogP contribution in [0.15, 0.2) is 72.1 Å². The zero-order chi connectivity index (χ0) is 19.3. The Morgan fingerprint density at radius 2 is 1.74 bits per heavy atom.